The molecule has 0 bridgehead atoms. The number of urea groups is 1. The Morgan fingerprint density at radius 3 is 2.35 bits per heavy atom. The van der Waals surface area contributed by atoms with Gasteiger partial charge in [-0.3, -0.25) is 4.84 Å². The van der Waals surface area contributed by atoms with Crippen molar-refractivity contribution in [3.63, 3.8) is 0 Å². The van der Waals surface area contributed by atoms with Crippen molar-refractivity contribution >= 4 is 6.03 Å². The molecule has 0 heterocycles. The second-order valence-corrected chi connectivity index (χ2v) is 6.31. The molecule has 122 valence electrons. The van der Waals surface area contributed by atoms with Crippen LogP contribution in [-0.4, -0.2) is 12.6 Å². The number of hydrogen-bond acceptors (Lipinski definition) is 2. The fraction of sp³-hybridized carbons (Fsp3) is 0.316. The third kappa shape index (κ3) is 5.42. The molecular weight excluding hydrogens is 288 g/mol. The lowest BCUT2D eigenvalue weighted by molar-refractivity contribution is 0.0487. The van der Waals surface area contributed by atoms with E-state index in [1.54, 1.807) is 0 Å². The average Bonchev–Trinajstić information content (AvgIpc) is 2.54. The van der Waals surface area contributed by atoms with E-state index < -0.39 is 0 Å². The first kappa shape index (κ1) is 17.0. The molecule has 0 fully saturated rings. The van der Waals surface area contributed by atoms with Gasteiger partial charge in [0, 0.05) is 12.0 Å². The molecule has 4 nitrogen and oxygen atoms in total. The van der Waals surface area contributed by atoms with Crippen LogP contribution in [-0.2, 0) is 16.9 Å². The second-order valence-electron chi connectivity index (χ2n) is 6.31. The van der Waals surface area contributed by atoms with Gasteiger partial charge in [0.1, 0.15) is 0 Å². The quantitative estimate of drug-likeness (QED) is 0.799. The number of rotatable bonds is 6. The van der Waals surface area contributed by atoms with Crippen LogP contribution in [0.15, 0.2) is 54.6 Å². The highest BCUT2D eigenvalue weighted by atomic mass is 16.7. The molecule has 2 N–H and O–H groups in total. The van der Waals surface area contributed by atoms with Gasteiger partial charge in [0.15, 0.2) is 0 Å². The largest absolute Gasteiger partial charge is 0.338 e. The van der Waals surface area contributed by atoms with Crippen LogP contribution in [0.1, 0.15) is 30.5 Å². The molecule has 0 saturated carbocycles. The van der Waals surface area contributed by atoms with Crippen LogP contribution >= 0.6 is 0 Å². The van der Waals surface area contributed by atoms with E-state index in [0.717, 1.165) is 5.56 Å². The number of carbonyl (C=O) groups is 1. The Morgan fingerprint density at radius 1 is 1.04 bits per heavy atom. The van der Waals surface area contributed by atoms with Crippen LogP contribution in [0.4, 0.5) is 4.79 Å². The average molecular weight is 312 g/mol. The van der Waals surface area contributed by atoms with Crippen LogP contribution in [0.25, 0.3) is 0 Å². The Balaban J connectivity index is 1.76. The molecule has 2 amide bonds. The van der Waals surface area contributed by atoms with Crippen LogP contribution in [0.3, 0.4) is 0 Å². The zero-order valence-corrected chi connectivity index (χ0v) is 13.9. The highest BCUT2D eigenvalue weighted by Gasteiger charge is 2.21. The first-order valence-electron chi connectivity index (χ1n) is 7.74. The van der Waals surface area contributed by atoms with Gasteiger partial charge >= 0.3 is 6.03 Å². The van der Waals surface area contributed by atoms with Crippen LogP contribution < -0.4 is 10.8 Å². The van der Waals surface area contributed by atoms with E-state index in [2.05, 4.69) is 55.8 Å². The molecule has 0 saturated heterocycles. The van der Waals surface area contributed by atoms with Gasteiger partial charge in [0.05, 0.1) is 6.61 Å². The standard InChI is InChI=1S/C19H24N2O2/c1-15-9-11-17(12-10-15)19(2,3)14-20-18(22)21-23-13-16-7-5-4-6-8-16/h4-12H,13-14H2,1-3H3,(H2,20,21,22). The summed E-state index contributed by atoms with van der Waals surface area (Å²) in [5.41, 5.74) is 5.69. The van der Waals surface area contributed by atoms with E-state index in [9.17, 15) is 4.79 Å². The van der Waals surface area contributed by atoms with Crippen molar-refractivity contribution in [3.8, 4) is 0 Å². The smallest absolute Gasteiger partial charge is 0.336 e. The van der Waals surface area contributed by atoms with Gasteiger partial charge in [0.25, 0.3) is 0 Å². The molecule has 23 heavy (non-hydrogen) atoms. The van der Waals surface area contributed by atoms with Gasteiger partial charge in [-0.1, -0.05) is 74.0 Å². The third-order valence-corrected chi connectivity index (χ3v) is 3.77. The normalized spacial score (nSPS) is 11.1. The van der Waals surface area contributed by atoms with Gasteiger partial charge in [-0.05, 0) is 18.1 Å². The minimum atomic E-state index is -0.332. The Hall–Kier alpha value is -2.33. The molecule has 0 aromatic heterocycles. The number of hydroxylamine groups is 1. The fourth-order valence-corrected chi connectivity index (χ4v) is 2.20. The summed E-state index contributed by atoms with van der Waals surface area (Å²) in [7, 11) is 0. The molecule has 0 spiro atoms. The van der Waals surface area contributed by atoms with Crippen molar-refractivity contribution < 1.29 is 9.63 Å². The lowest BCUT2D eigenvalue weighted by Crippen LogP contribution is -2.42. The molecule has 0 atom stereocenters. The summed E-state index contributed by atoms with van der Waals surface area (Å²) in [6.07, 6.45) is 0. The summed E-state index contributed by atoms with van der Waals surface area (Å²) in [4.78, 5) is 17.0. The summed E-state index contributed by atoms with van der Waals surface area (Å²) in [5, 5.41) is 2.85. The molecule has 0 aliphatic rings. The summed E-state index contributed by atoms with van der Waals surface area (Å²) in [6, 6.07) is 17.7. The zero-order valence-electron chi connectivity index (χ0n) is 13.9. The van der Waals surface area contributed by atoms with Crippen molar-refractivity contribution in [2.75, 3.05) is 6.54 Å². The van der Waals surface area contributed by atoms with Crippen molar-refractivity contribution in [3.05, 3.63) is 71.3 Å². The van der Waals surface area contributed by atoms with Crippen LogP contribution in [0, 0.1) is 6.92 Å². The van der Waals surface area contributed by atoms with Crippen molar-refractivity contribution in [1.29, 1.82) is 0 Å². The van der Waals surface area contributed by atoms with Crippen LogP contribution in [0.5, 0.6) is 0 Å². The minimum Gasteiger partial charge on any atom is -0.336 e. The third-order valence-electron chi connectivity index (χ3n) is 3.77. The number of aryl methyl sites for hydroxylation is 1. The van der Waals surface area contributed by atoms with Crippen LogP contribution in [0.2, 0.25) is 0 Å². The van der Waals surface area contributed by atoms with Gasteiger partial charge in [-0.25, -0.2) is 10.3 Å². The van der Waals surface area contributed by atoms with Gasteiger partial charge in [0.2, 0.25) is 0 Å². The number of carbonyl (C=O) groups excluding carboxylic acids is 1. The first-order valence-corrected chi connectivity index (χ1v) is 7.74. The summed E-state index contributed by atoms with van der Waals surface area (Å²) >= 11 is 0. The maximum atomic E-state index is 11.8. The summed E-state index contributed by atoms with van der Waals surface area (Å²) in [5.74, 6) is 0. The van der Waals surface area contributed by atoms with Gasteiger partial charge in [-0.2, -0.15) is 0 Å². The predicted octanol–water partition coefficient (Wildman–Crippen LogP) is 3.70. The lowest BCUT2D eigenvalue weighted by atomic mass is 9.84. The van der Waals surface area contributed by atoms with Gasteiger partial charge < -0.3 is 5.32 Å². The molecule has 2 aromatic rings. The lowest BCUT2D eigenvalue weighted by Gasteiger charge is -2.25. The first-order chi connectivity index (χ1) is 11.0. The SMILES string of the molecule is Cc1ccc(C(C)(C)CNC(=O)NOCc2ccccc2)cc1. The number of nitrogens with one attached hydrogen (secondary N) is 2. The molecule has 4 heteroatoms. The molecule has 0 unspecified atom stereocenters. The fourth-order valence-electron chi connectivity index (χ4n) is 2.20. The second kappa shape index (κ2) is 7.79. The zero-order chi connectivity index (χ0) is 16.7. The molecule has 2 aromatic carbocycles. The van der Waals surface area contributed by atoms with E-state index in [1.807, 2.05) is 30.3 Å². The monoisotopic (exact) mass is 312 g/mol. The Kier molecular flexibility index (Phi) is 5.77. The Labute approximate surface area is 137 Å². The Morgan fingerprint density at radius 2 is 1.70 bits per heavy atom. The van der Waals surface area contributed by atoms with Crippen molar-refractivity contribution in [1.82, 2.24) is 10.8 Å². The maximum absolute atomic E-state index is 11.8. The molecule has 0 aliphatic heterocycles. The highest BCUT2D eigenvalue weighted by molar-refractivity contribution is 5.72. The number of hydrogen-bond donors (Lipinski definition) is 2. The highest BCUT2D eigenvalue weighted by Crippen LogP contribution is 2.22. The van der Waals surface area contributed by atoms with E-state index in [1.165, 1.54) is 11.1 Å². The number of benzene rings is 2. The van der Waals surface area contributed by atoms with Crippen molar-refractivity contribution in [2.45, 2.75) is 32.8 Å². The topological polar surface area (TPSA) is 50.4 Å². The molecule has 0 radical (unpaired) electrons. The summed E-state index contributed by atoms with van der Waals surface area (Å²) in [6.45, 7) is 7.13. The predicted molar refractivity (Wildman–Crippen MR) is 92.0 cm³/mol. The van der Waals surface area contributed by atoms with E-state index in [4.69, 9.17) is 4.84 Å². The molecule has 0 aliphatic carbocycles. The summed E-state index contributed by atoms with van der Waals surface area (Å²) < 4.78 is 0. The number of amides is 2. The van der Waals surface area contributed by atoms with Crippen molar-refractivity contribution in [2.24, 2.45) is 0 Å². The molecular formula is C19H24N2O2. The molecule has 2 rings (SSSR count). The van der Waals surface area contributed by atoms with E-state index in [-0.39, 0.29) is 11.4 Å². The van der Waals surface area contributed by atoms with Gasteiger partial charge in [-0.15, -0.1) is 0 Å². The maximum Gasteiger partial charge on any atom is 0.338 e. The Bertz CT molecular complexity index is 622. The van der Waals surface area contributed by atoms with E-state index in [0.29, 0.717) is 13.2 Å². The minimum absolute atomic E-state index is 0.148. The van der Waals surface area contributed by atoms with E-state index >= 15 is 0 Å².